The van der Waals surface area contributed by atoms with Crippen molar-refractivity contribution in [3.63, 3.8) is 0 Å². The molecule has 0 spiro atoms. The Labute approximate surface area is 118 Å². The lowest BCUT2D eigenvalue weighted by atomic mass is 10.1. The van der Waals surface area contributed by atoms with Crippen molar-refractivity contribution in [3.8, 4) is 0 Å². The standard InChI is InChI=1S/C14H21N3O3/c1-2-6-11-9-12(16-15-11)14(19)20-10-13(18)17-7-4-3-5-8-17/h9H,2-8,10H2,1H3,(H,15,16). The molecule has 110 valence electrons. The smallest absolute Gasteiger partial charge is 0.359 e. The lowest BCUT2D eigenvalue weighted by molar-refractivity contribution is -0.135. The molecule has 1 amide bonds. The summed E-state index contributed by atoms with van der Waals surface area (Å²) in [6.07, 6.45) is 5.03. The summed E-state index contributed by atoms with van der Waals surface area (Å²) in [6, 6.07) is 1.68. The molecule has 0 saturated carbocycles. The van der Waals surface area contributed by atoms with Crippen LogP contribution >= 0.6 is 0 Å². The van der Waals surface area contributed by atoms with Gasteiger partial charge >= 0.3 is 5.97 Å². The third kappa shape index (κ3) is 3.82. The van der Waals surface area contributed by atoms with Crippen molar-refractivity contribution in [1.82, 2.24) is 15.1 Å². The first-order valence-electron chi connectivity index (χ1n) is 7.20. The molecule has 0 aliphatic carbocycles. The molecule has 0 unspecified atom stereocenters. The van der Waals surface area contributed by atoms with Crippen molar-refractivity contribution in [1.29, 1.82) is 0 Å². The molecule has 0 aromatic carbocycles. The van der Waals surface area contributed by atoms with Crippen molar-refractivity contribution in [3.05, 3.63) is 17.5 Å². The highest BCUT2D eigenvalue weighted by Crippen LogP contribution is 2.09. The van der Waals surface area contributed by atoms with Gasteiger partial charge in [0.2, 0.25) is 0 Å². The lowest BCUT2D eigenvalue weighted by Gasteiger charge is -2.26. The first-order valence-corrected chi connectivity index (χ1v) is 7.20. The van der Waals surface area contributed by atoms with Gasteiger partial charge in [0.25, 0.3) is 5.91 Å². The maximum atomic E-state index is 11.9. The molecule has 6 heteroatoms. The molecule has 1 N–H and O–H groups in total. The number of aromatic nitrogens is 2. The largest absolute Gasteiger partial charge is 0.451 e. The molecule has 1 aromatic heterocycles. The van der Waals surface area contributed by atoms with Crippen molar-refractivity contribution < 1.29 is 14.3 Å². The predicted octanol–water partition coefficient (Wildman–Crippen LogP) is 1.53. The first-order chi connectivity index (χ1) is 9.70. The maximum absolute atomic E-state index is 11.9. The van der Waals surface area contributed by atoms with Crippen LogP contribution in [0.3, 0.4) is 0 Å². The summed E-state index contributed by atoms with van der Waals surface area (Å²) >= 11 is 0. The molecule has 0 atom stereocenters. The second-order valence-corrected chi connectivity index (χ2v) is 5.05. The van der Waals surface area contributed by atoms with Crippen molar-refractivity contribution in [2.75, 3.05) is 19.7 Å². The molecule has 0 radical (unpaired) electrons. The summed E-state index contributed by atoms with van der Waals surface area (Å²) in [6.45, 7) is 3.38. The summed E-state index contributed by atoms with van der Waals surface area (Å²) < 4.78 is 5.02. The van der Waals surface area contributed by atoms with Gasteiger partial charge in [-0.15, -0.1) is 0 Å². The van der Waals surface area contributed by atoms with E-state index in [2.05, 4.69) is 17.1 Å². The van der Waals surface area contributed by atoms with E-state index in [1.807, 2.05) is 0 Å². The van der Waals surface area contributed by atoms with Crippen LogP contribution < -0.4 is 0 Å². The number of piperidine rings is 1. The van der Waals surface area contributed by atoms with E-state index in [1.54, 1.807) is 11.0 Å². The molecule has 6 nitrogen and oxygen atoms in total. The summed E-state index contributed by atoms with van der Waals surface area (Å²) in [5.41, 5.74) is 1.14. The highest BCUT2D eigenvalue weighted by atomic mass is 16.5. The number of likely N-dealkylation sites (tertiary alicyclic amines) is 1. The summed E-state index contributed by atoms with van der Waals surface area (Å²) in [5.74, 6) is -0.670. The number of aromatic amines is 1. The predicted molar refractivity (Wildman–Crippen MR) is 73.3 cm³/mol. The van der Waals surface area contributed by atoms with Crippen LogP contribution in [0.25, 0.3) is 0 Å². The summed E-state index contributed by atoms with van der Waals surface area (Å²) in [4.78, 5) is 25.4. The average Bonchev–Trinajstić information content (AvgIpc) is 2.94. The Kier molecular flexibility index (Phi) is 5.15. The minimum Gasteiger partial charge on any atom is -0.451 e. The van der Waals surface area contributed by atoms with Gasteiger partial charge in [0.15, 0.2) is 12.3 Å². The quantitative estimate of drug-likeness (QED) is 0.829. The van der Waals surface area contributed by atoms with E-state index in [0.717, 1.165) is 50.9 Å². The Bertz CT molecular complexity index is 464. The van der Waals surface area contributed by atoms with Gasteiger partial charge < -0.3 is 9.64 Å². The van der Waals surface area contributed by atoms with Gasteiger partial charge in [0.1, 0.15) is 0 Å². The number of amides is 1. The zero-order chi connectivity index (χ0) is 14.4. The summed E-state index contributed by atoms with van der Waals surface area (Å²) in [5, 5.41) is 6.69. The van der Waals surface area contributed by atoms with E-state index < -0.39 is 5.97 Å². The van der Waals surface area contributed by atoms with Crippen molar-refractivity contribution >= 4 is 11.9 Å². The minimum atomic E-state index is -0.547. The molecule has 20 heavy (non-hydrogen) atoms. The van der Waals surface area contributed by atoms with E-state index in [0.29, 0.717) is 0 Å². The molecular formula is C14H21N3O3. The number of esters is 1. The highest BCUT2D eigenvalue weighted by molar-refractivity contribution is 5.89. The topological polar surface area (TPSA) is 75.3 Å². The van der Waals surface area contributed by atoms with Gasteiger partial charge in [0, 0.05) is 18.8 Å². The highest BCUT2D eigenvalue weighted by Gasteiger charge is 2.19. The number of carbonyl (C=O) groups is 2. The molecule has 2 heterocycles. The van der Waals surface area contributed by atoms with Crippen molar-refractivity contribution in [2.45, 2.75) is 39.0 Å². The fourth-order valence-electron chi connectivity index (χ4n) is 2.30. The summed E-state index contributed by atoms with van der Waals surface area (Å²) in [7, 11) is 0. The second-order valence-electron chi connectivity index (χ2n) is 5.05. The van der Waals surface area contributed by atoms with Crippen LogP contribution in [0.15, 0.2) is 6.07 Å². The van der Waals surface area contributed by atoms with Gasteiger partial charge in [-0.25, -0.2) is 4.79 Å². The zero-order valence-electron chi connectivity index (χ0n) is 11.9. The molecule has 1 fully saturated rings. The Morgan fingerprint density at radius 2 is 2.10 bits per heavy atom. The Morgan fingerprint density at radius 1 is 1.35 bits per heavy atom. The third-order valence-electron chi connectivity index (χ3n) is 3.39. The SMILES string of the molecule is CCCc1cc(C(=O)OCC(=O)N2CCCCC2)n[nH]1. The number of nitrogens with zero attached hydrogens (tertiary/aromatic N) is 2. The van der Waals surface area contributed by atoms with Crippen LogP contribution in [-0.4, -0.2) is 46.7 Å². The average molecular weight is 279 g/mol. The Hall–Kier alpha value is -1.85. The van der Waals surface area contributed by atoms with Crippen LogP contribution in [0.1, 0.15) is 48.8 Å². The Balaban J connectivity index is 1.80. The van der Waals surface area contributed by atoms with E-state index in [1.165, 1.54) is 0 Å². The number of ether oxygens (including phenoxy) is 1. The van der Waals surface area contributed by atoms with Crippen LogP contribution in [0.2, 0.25) is 0 Å². The number of rotatable bonds is 5. The maximum Gasteiger partial charge on any atom is 0.359 e. The van der Waals surface area contributed by atoms with Crippen LogP contribution in [0, 0.1) is 0 Å². The van der Waals surface area contributed by atoms with Gasteiger partial charge in [-0.3, -0.25) is 9.89 Å². The Morgan fingerprint density at radius 3 is 2.80 bits per heavy atom. The number of carbonyl (C=O) groups excluding carboxylic acids is 2. The number of nitrogens with one attached hydrogen (secondary N) is 1. The number of hydrogen-bond acceptors (Lipinski definition) is 4. The molecule has 2 rings (SSSR count). The van der Waals surface area contributed by atoms with Gasteiger partial charge in [-0.1, -0.05) is 13.3 Å². The van der Waals surface area contributed by atoms with E-state index in [-0.39, 0.29) is 18.2 Å². The van der Waals surface area contributed by atoms with E-state index in [4.69, 9.17) is 4.74 Å². The monoisotopic (exact) mass is 279 g/mol. The number of hydrogen-bond donors (Lipinski definition) is 1. The van der Waals surface area contributed by atoms with Gasteiger partial charge in [-0.05, 0) is 31.7 Å². The van der Waals surface area contributed by atoms with Gasteiger partial charge in [0.05, 0.1) is 0 Å². The third-order valence-corrected chi connectivity index (χ3v) is 3.39. The first kappa shape index (κ1) is 14.6. The fraction of sp³-hybridized carbons (Fsp3) is 0.643. The number of H-pyrrole nitrogens is 1. The van der Waals surface area contributed by atoms with Gasteiger partial charge in [-0.2, -0.15) is 5.10 Å². The molecule has 1 saturated heterocycles. The minimum absolute atomic E-state index is 0.123. The van der Waals surface area contributed by atoms with Crippen LogP contribution in [0.5, 0.6) is 0 Å². The van der Waals surface area contributed by atoms with Crippen molar-refractivity contribution in [2.24, 2.45) is 0 Å². The number of aryl methyl sites for hydroxylation is 1. The lowest BCUT2D eigenvalue weighted by Crippen LogP contribution is -2.38. The molecular weight excluding hydrogens is 258 g/mol. The molecule has 1 aliphatic rings. The normalized spacial score (nSPS) is 15.2. The molecule has 1 aromatic rings. The van der Waals surface area contributed by atoms with Crippen LogP contribution in [-0.2, 0) is 16.0 Å². The van der Waals surface area contributed by atoms with E-state index in [9.17, 15) is 9.59 Å². The van der Waals surface area contributed by atoms with Crippen LogP contribution in [0.4, 0.5) is 0 Å². The fourth-order valence-corrected chi connectivity index (χ4v) is 2.30. The zero-order valence-corrected chi connectivity index (χ0v) is 11.9. The second kappa shape index (κ2) is 7.07. The molecule has 0 bridgehead atoms. The van der Waals surface area contributed by atoms with E-state index >= 15 is 0 Å². The molecule has 1 aliphatic heterocycles.